The highest BCUT2D eigenvalue weighted by Crippen LogP contribution is 2.24. The van der Waals surface area contributed by atoms with Gasteiger partial charge in [0, 0.05) is 13.1 Å². The Morgan fingerprint density at radius 3 is 3.00 bits per heavy atom. The predicted octanol–water partition coefficient (Wildman–Crippen LogP) is 0.712. The summed E-state index contributed by atoms with van der Waals surface area (Å²) in [6.07, 6.45) is 1.69. The standard InChI is InChI=1S/C10H15N3O2/c1-2-15-10-9(3-4-11-12-10)13-5-7-14-8-6-13/h3-4H,2,5-8H2,1H3. The second-order valence-electron chi connectivity index (χ2n) is 3.25. The fourth-order valence-electron chi connectivity index (χ4n) is 1.60. The molecule has 1 aliphatic heterocycles. The van der Waals surface area contributed by atoms with Crippen LogP contribution < -0.4 is 9.64 Å². The van der Waals surface area contributed by atoms with Crippen molar-refractivity contribution in [2.75, 3.05) is 37.8 Å². The van der Waals surface area contributed by atoms with Gasteiger partial charge in [-0.3, -0.25) is 0 Å². The monoisotopic (exact) mass is 209 g/mol. The number of nitrogens with zero attached hydrogens (tertiary/aromatic N) is 3. The molecule has 1 fully saturated rings. The van der Waals surface area contributed by atoms with Gasteiger partial charge in [0.05, 0.1) is 26.0 Å². The molecule has 0 unspecified atom stereocenters. The van der Waals surface area contributed by atoms with E-state index < -0.39 is 0 Å². The summed E-state index contributed by atoms with van der Waals surface area (Å²) >= 11 is 0. The average Bonchev–Trinajstić information content (AvgIpc) is 2.31. The molecule has 0 amide bonds. The molecule has 5 heteroatoms. The van der Waals surface area contributed by atoms with Gasteiger partial charge in [0.1, 0.15) is 5.69 Å². The smallest absolute Gasteiger partial charge is 0.257 e. The molecule has 0 spiro atoms. The van der Waals surface area contributed by atoms with E-state index in [1.165, 1.54) is 0 Å². The van der Waals surface area contributed by atoms with Gasteiger partial charge >= 0.3 is 0 Å². The summed E-state index contributed by atoms with van der Waals surface area (Å²) < 4.78 is 10.7. The first kappa shape index (κ1) is 10.2. The molecule has 2 heterocycles. The van der Waals surface area contributed by atoms with Crippen molar-refractivity contribution in [2.24, 2.45) is 0 Å². The molecule has 0 saturated carbocycles. The third-order valence-corrected chi connectivity index (χ3v) is 2.30. The van der Waals surface area contributed by atoms with E-state index in [-0.39, 0.29) is 0 Å². The molecule has 0 bridgehead atoms. The first-order chi connectivity index (χ1) is 7.42. The van der Waals surface area contributed by atoms with Crippen molar-refractivity contribution in [1.29, 1.82) is 0 Å². The summed E-state index contributed by atoms with van der Waals surface area (Å²) in [5.74, 6) is 0.613. The van der Waals surface area contributed by atoms with Gasteiger partial charge < -0.3 is 14.4 Å². The van der Waals surface area contributed by atoms with Crippen LogP contribution in [-0.2, 0) is 4.74 Å². The molecule has 0 aromatic carbocycles. The highest BCUT2D eigenvalue weighted by atomic mass is 16.5. The van der Waals surface area contributed by atoms with E-state index in [2.05, 4.69) is 15.1 Å². The normalized spacial score (nSPS) is 16.5. The van der Waals surface area contributed by atoms with Gasteiger partial charge in [0.15, 0.2) is 0 Å². The molecule has 82 valence electrons. The Morgan fingerprint density at radius 1 is 1.47 bits per heavy atom. The lowest BCUT2D eigenvalue weighted by Gasteiger charge is -2.29. The number of hydrogen-bond acceptors (Lipinski definition) is 5. The molecule has 0 aliphatic carbocycles. The minimum atomic E-state index is 0.607. The van der Waals surface area contributed by atoms with E-state index in [4.69, 9.17) is 9.47 Å². The lowest BCUT2D eigenvalue weighted by Crippen LogP contribution is -2.36. The van der Waals surface area contributed by atoms with Gasteiger partial charge in [-0.15, -0.1) is 5.10 Å². The second-order valence-corrected chi connectivity index (χ2v) is 3.25. The molecule has 1 aromatic heterocycles. The molecule has 15 heavy (non-hydrogen) atoms. The van der Waals surface area contributed by atoms with E-state index in [9.17, 15) is 0 Å². The van der Waals surface area contributed by atoms with Crippen molar-refractivity contribution < 1.29 is 9.47 Å². The van der Waals surface area contributed by atoms with Crippen molar-refractivity contribution >= 4 is 5.69 Å². The molecule has 1 aromatic rings. The summed E-state index contributed by atoms with van der Waals surface area (Å²) in [7, 11) is 0. The fraction of sp³-hybridized carbons (Fsp3) is 0.600. The first-order valence-electron chi connectivity index (χ1n) is 5.19. The lowest BCUT2D eigenvalue weighted by atomic mass is 10.3. The maximum Gasteiger partial charge on any atom is 0.257 e. The molecule has 0 N–H and O–H groups in total. The predicted molar refractivity (Wildman–Crippen MR) is 56.2 cm³/mol. The number of aromatic nitrogens is 2. The molecule has 2 rings (SSSR count). The van der Waals surface area contributed by atoms with Gasteiger partial charge in [-0.1, -0.05) is 0 Å². The summed E-state index contributed by atoms with van der Waals surface area (Å²) in [4.78, 5) is 2.21. The number of rotatable bonds is 3. The Morgan fingerprint density at radius 2 is 2.27 bits per heavy atom. The Hall–Kier alpha value is -1.36. The van der Waals surface area contributed by atoms with Crippen LogP contribution in [0.1, 0.15) is 6.92 Å². The Labute approximate surface area is 89.0 Å². The third-order valence-electron chi connectivity index (χ3n) is 2.30. The average molecular weight is 209 g/mol. The summed E-state index contributed by atoms with van der Waals surface area (Å²) in [6, 6.07) is 1.93. The summed E-state index contributed by atoms with van der Waals surface area (Å²) in [5.41, 5.74) is 1.01. The van der Waals surface area contributed by atoms with Crippen LogP contribution in [0.15, 0.2) is 12.3 Å². The highest BCUT2D eigenvalue weighted by molar-refractivity contribution is 5.54. The van der Waals surface area contributed by atoms with Gasteiger partial charge in [0.25, 0.3) is 5.88 Å². The maximum absolute atomic E-state index is 5.43. The van der Waals surface area contributed by atoms with Crippen LogP contribution in [0.25, 0.3) is 0 Å². The van der Waals surface area contributed by atoms with Gasteiger partial charge in [0.2, 0.25) is 0 Å². The minimum Gasteiger partial charge on any atom is -0.475 e. The van der Waals surface area contributed by atoms with Crippen LogP contribution in [0.3, 0.4) is 0 Å². The van der Waals surface area contributed by atoms with E-state index in [1.807, 2.05) is 13.0 Å². The topological polar surface area (TPSA) is 47.5 Å². The van der Waals surface area contributed by atoms with E-state index in [0.29, 0.717) is 12.5 Å². The highest BCUT2D eigenvalue weighted by Gasteiger charge is 2.16. The Bertz CT molecular complexity index is 313. The van der Waals surface area contributed by atoms with Crippen molar-refractivity contribution in [2.45, 2.75) is 6.92 Å². The zero-order chi connectivity index (χ0) is 10.5. The largest absolute Gasteiger partial charge is 0.475 e. The second kappa shape index (κ2) is 4.93. The van der Waals surface area contributed by atoms with Gasteiger partial charge in [-0.25, -0.2) is 0 Å². The summed E-state index contributed by atoms with van der Waals surface area (Å²) in [5, 5.41) is 7.81. The van der Waals surface area contributed by atoms with Crippen LogP contribution in [0.5, 0.6) is 5.88 Å². The van der Waals surface area contributed by atoms with E-state index in [0.717, 1.165) is 32.0 Å². The maximum atomic E-state index is 5.43. The van der Waals surface area contributed by atoms with Crippen LogP contribution in [0.4, 0.5) is 5.69 Å². The molecule has 0 radical (unpaired) electrons. The van der Waals surface area contributed by atoms with Crippen molar-refractivity contribution in [3.63, 3.8) is 0 Å². The van der Waals surface area contributed by atoms with Crippen molar-refractivity contribution in [1.82, 2.24) is 10.2 Å². The Kier molecular flexibility index (Phi) is 3.34. The number of hydrogen-bond donors (Lipinski definition) is 0. The quantitative estimate of drug-likeness (QED) is 0.733. The molecule has 5 nitrogen and oxygen atoms in total. The number of ether oxygens (including phenoxy) is 2. The zero-order valence-corrected chi connectivity index (χ0v) is 8.85. The van der Waals surface area contributed by atoms with Gasteiger partial charge in [-0.2, -0.15) is 5.10 Å². The first-order valence-corrected chi connectivity index (χ1v) is 5.19. The molecule has 0 atom stereocenters. The van der Waals surface area contributed by atoms with Crippen LogP contribution in [-0.4, -0.2) is 43.1 Å². The number of anilines is 1. The fourth-order valence-corrected chi connectivity index (χ4v) is 1.60. The van der Waals surface area contributed by atoms with E-state index >= 15 is 0 Å². The van der Waals surface area contributed by atoms with Gasteiger partial charge in [-0.05, 0) is 13.0 Å². The molecular weight excluding hydrogens is 194 g/mol. The SMILES string of the molecule is CCOc1nnccc1N1CCOCC1. The Balaban J connectivity index is 2.17. The van der Waals surface area contributed by atoms with Crippen LogP contribution in [0.2, 0.25) is 0 Å². The molecular formula is C10H15N3O2. The third kappa shape index (κ3) is 2.36. The van der Waals surface area contributed by atoms with Crippen molar-refractivity contribution in [3.8, 4) is 5.88 Å². The van der Waals surface area contributed by atoms with Crippen molar-refractivity contribution in [3.05, 3.63) is 12.3 Å². The molecule has 1 saturated heterocycles. The molecule has 1 aliphatic rings. The number of morpholine rings is 1. The minimum absolute atomic E-state index is 0.607. The lowest BCUT2D eigenvalue weighted by molar-refractivity contribution is 0.122. The van der Waals surface area contributed by atoms with Crippen LogP contribution >= 0.6 is 0 Å². The summed E-state index contributed by atoms with van der Waals surface area (Å²) in [6.45, 7) is 5.83. The van der Waals surface area contributed by atoms with E-state index in [1.54, 1.807) is 6.20 Å². The van der Waals surface area contributed by atoms with Crippen LogP contribution in [0, 0.1) is 0 Å². The zero-order valence-electron chi connectivity index (χ0n) is 8.85.